The topological polar surface area (TPSA) is 76.3 Å². The van der Waals surface area contributed by atoms with Crippen LogP contribution in [0, 0.1) is 0 Å². The zero-order valence-electron chi connectivity index (χ0n) is 18.7. The Balaban J connectivity index is 1.88. The summed E-state index contributed by atoms with van der Waals surface area (Å²) in [5, 5.41) is 4.03. The molecule has 0 bridgehead atoms. The molecule has 1 N–H and O–H groups in total. The lowest BCUT2D eigenvalue weighted by molar-refractivity contribution is -0.121. The van der Waals surface area contributed by atoms with Crippen LogP contribution in [0.2, 0.25) is 5.02 Å². The summed E-state index contributed by atoms with van der Waals surface area (Å²) in [5.41, 5.74) is 0.567. The first-order chi connectivity index (χ1) is 15.4. The van der Waals surface area contributed by atoms with E-state index < -0.39 is 5.69 Å². The van der Waals surface area contributed by atoms with Crippen molar-refractivity contribution in [3.8, 4) is 0 Å². The molecule has 3 rings (SSSR count). The summed E-state index contributed by atoms with van der Waals surface area (Å²) < 4.78 is 2.51. The second kappa shape index (κ2) is 10.6. The van der Waals surface area contributed by atoms with Gasteiger partial charge in [-0.1, -0.05) is 55.8 Å². The Hall–Kier alpha value is -2.90. The number of hydrogen-bond donors (Lipinski definition) is 1. The van der Waals surface area contributed by atoms with Gasteiger partial charge in [0.1, 0.15) is 6.54 Å². The third kappa shape index (κ3) is 4.79. The number of hydrogen-bond acceptors (Lipinski definition) is 4. The maximum absolute atomic E-state index is 12.9. The van der Waals surface area contributed by atoms with Crippen LogP contribution in [0.25, 0.3) is 10.9 Å². The number of carbonyl (C=O) groups is 1. The lowest BCUT2D eigenvalue weighted by Crippen LogP contribution is -2.43. The van der Waals surface area contributed by atoms with Crippen LogP contribution >= 0.6 is 11.6 Å². The summed E-state index contributed by atoms with van der Waals surface area (Å²) in [7, 11) is 0. The minimum atomic E-state index is -0.488. The molecule has 0 fully saturated rings. The minimum Gasteiger partial charge on any atom is -0.353 e. The molecule has 2 aromatic carbocycles. The molecule has 3 aromatic rings. The predicted octanol–water partition coefficient (Wildman–Crippen LogP) is 3.04. The second-order valence-corrected chi connectivity index (χ2v) is 7.91. The number of para-hydroxylation sites is 1. The molecule has 8 heteroatoms. The first-order valence-corrected chi connectivity index (χ1v) is 11.3. The standard InChI is InChI=1S/C24H29ClN4O3/c1-4-27(5-2)21(17-11-7-9-13-19(17)25)15-26-22(30)16-29-20-14-10-8-12-18(20)23(31)28(6-3)24(29)32/h7-14,21H,4-6,15-16H2,1-3H3,(H,26,30). The third-order valence-corrected chi connectivity index (χ3v) is 6.10. The van der Waals surface area contributed by atoms with Crippen molar-refractivity contribution in [2.24, 2.45) is 0 Å². The summed E-state index contributed by atoms with van der Waals surface area (Å²) in [5.74, 6) is -0.303. The average molecular weight is 457 g/mol. The molecule has 1 amide bonds. The molecule has 32 heavy (non-hydrogen) atoms. The normalized spacial score (nSPS) is 12.3. The molecule has 0 saturated carbocycles. The van der Waals surface area contributed by atoms with Crippen molar-refractivity contribution < 1.29 is 4.79 Å². The van der Waals surface area contributed by atoms with Gasteiger partial charge < -0.3 is 5.32 Å². The van der Waals surface area contributed by atoms with Gasteiger partial charge in [0.25, 0.3) is 5.56 Å². The second-order valence-electron chi connectivity index (χ2n) is 7.50. The van der Waals surface area contributed by atoms with Crippen LogP contribution in [-0.2, 0) is 17.9 Å². The van der Waals surface area contributed by atoms with E-state index in [-0.39, 0.29) is 30.6 Å². The van der Waals surface area contributed by atoms with Crippen LogP contribution in [0.4, 0.5) is 0 Å². The van der Waals surface area contributed by atoms with E-state index in [9.17, 15) is 14.4 Å². The van der Waals surface area contributed by atoms with Crippen molar-refractivity contribution in [2.75, 3.05) is 19.6 Å². The third-order valence-electron chi connectivity index (χ3n) is 5.76. The highest BCUT2D eigenvalue weighted by atomic mass is 35.5. The van der Waals surface area contributed by atoms with Gasteiger partial charge in [0.2, 0.25) is 5.91 Å². The van der Waals surface area contributed by atoms with E-state index in [1.807, 2.05) is 24.3 Å². The lowest BCUT2D eigenvalue weighted by Gasteiger charge is -2.31. The zero-order valence-corrected chi connectivity index (χ0v) is 19.4. The summed E-state index contributed by atoms with van der Waals surface area (Å²) in [6.07, 6.45) is 0. The Morgan fingerprint density at radius 3 is 2.31 bits per heavy atom. The number of rotatable bonds is 9. The minimum absolute atomic E-state index is 0.0966. The van der Waals surface area contributed by atoms with Crippen LogP contribution in [0.5, 0.6) is 0 Å². The van der Waals surface area contributed by atoms with Gasteiger partial charge in [-0.2, -0.15) is 0 Å². The van der Waals surface area contributed by atoms with Gasteiger partial charge in [0.15, 0.2) is 0 Å². The number of amides is 1. The van der Waals surface area contributed by atoms with Crippen molar-refractivity contribution in [2.45, 2.75) is 39.9 Å². The van der Waals surface area contributed by atoms with E-state index in [4.69, 9.17) is 11.6 Å². The van der Waals surface area contributed by atoms with Crippen molar-refractivity contribution >= 4 is 28.4 Å². The van der Waals surface area contributed by atoms with Gasteiger partial charge in [-0.15, -0.1) is 0 Å². The zero-order chi connectivity index (χ0) is 23.3. The highest BCUT2D eigenvalue weighted by molar-refractivity contribution is 6.31. The number of fused-ring (bicyclic) bond motifs is 1. The van der Waals surface area contributed by atoms with Crippen molar-refractivity contribution in [1.29, 1.82) is 0 Å². The number of halogens is 1. The van der Waals surface area contributed by atoms with Crippen molar-refractivity contribution in [1.82, 2.24) is 19.4 Å². The molecule has 1 heterocycles. The lowest BCUT2D eigenvalue weighted by atomic mass is 10.0. The monoisotopic (exact) mass is 456 g/mol. The van der Waals surface area contributed by atoms with Crippen LogP contribution in [0.1, 0.15) is 32.4 Å². The van der Waals surface area contributed by atoms with E-state index in [1.165, 1.54) is 4.57 Å². The molecule has 0 aliphatic rings. The number of benzene rings is 2. The fourth-order valence-corrected chi connectivity index (χ4v) is 4.32. The molecule has 0 radical (unpaired) electrons. The summed E-state index contributed by atoms with van der Waals surface area (Å²) >= 11 is 6.44. The number of aromatic nitrogens is 2. The fraction of sp³-hybridized carbons (Fsp3) is 0.375. The van der Waals surface area contributed by atoms with Gasteiger partial charge >= 0.3 is 5.69 Å². The number of likely N-dealkylation sites (N-methyl/N-ethyl adjacent to an activating group) is 1. The van der Waals surface area contributed by atoms with E-state index in [2.05, 4.69) is 24.1 Å². The van der Waals surface area contributed by atoms with Crippen LogP contribution in [0.3, 0.4) is 0 Å². The first kappa shape index (κ1) is 23.8. The number of nitrogens with zero attached hydrogens (tertiary/aromatic N) is 3. The molecular formula is C24H29ClN4O3. The van der Waals surface area contributed by atoms with E-state index in [1.54, 1.807) is 31.2 Å². The Bertz CT molecular complexity index is 1210. The van der Waals surface area contributed by atoms with Gasteiger partial charge in [-0.3, -0.25) is 23.6 Å². The highest BCUT2D eigenvalue weighted by Gasteiger charge is 2.22. The number of nitrogens with one attached hydrogen (secondary N) is 1. The van der Waals surface area contributed by atoms with E-state index >= 15 is 0 Å². The molecule has 0 aliphatic heterocycles. The van der Waals surface area contributed by atoms with Gasteiger partial charge in [0.05, 0.1) is 16.9 Å². The molecule has 170 valence electrons. The maximum atomic E-state index is 12.9. The van der Waals surface area contributed by atoms with Crippen LogP contribution in [-0.4, -0.2) is 39.6 Å². The fourth-order valence-electron chi connectivity index (χ4n) is 4.06. The predicted molar refractivity (Wildman–Crippen MR) is 128 cm³/mol. The Morgan fingerprint density at radius 2 is 1.66 bits per heavy atom. The Labute approximate surface area is 192 Å². The number of carbonyl (C=O) groups excluding carboxylic acids is 1. The molecular weight excluding hydrogens is 428 g/mol. The highest BCUT2D eigenvalue weighted by Crippen LogP contribution is 2.27. The van der Waals surface area contributed by atoms with Crippen LogP contribution < -0.4 is 16.6 Å². The van der Waals surface area contributed by atoms with Crippen molar-refractivity contribution in [3.63, 3.8) is 0 Å². The quantitative estimate of drug-likeness (QED) is 0.537. The molecule has 0 spiro atoms. The van der Waals surface area contributed by atoms with Gasteiger partial charge in [-0.25, -0.2) is 4.79 Å². The summed E-state index contributed by atoms with van der Waals surface area (Å²) in [4.78, 5) is 40.6. The Morgan fingerprint density at radius 1 is 1.00 bits per heavy atom. The average Bonchev–Trinajstić information content (AvgIpc) is 2.80. The molecule has 1 aromatic heterocycles. The van der Waals surface area contributed by atoms with Crippen LogP contribution in [0.15, 0.2) is 58.1 Å². The summed E-state index contributed by atoms with van der Waals surface area (Å²) in [6, 6.07) is 14.4. The molecule has 0 saturated heterocycles. The van der Waals surface area contributed by atoms with E-state index in [0.717, 1.165) is 23.2 Å². The molecule has 0 aliphatic carbocycles. The van der Waals surface area contributed by atoms with Gasteiger partial charge in [-0.05, 0) is 43.8 Å². The molecule has 1 atom stereocenters. The summed E-state index contributed by atoms with van der Waals surface area (Å²) in [6.45, 7) is 7.88. The molecule has 1 unspecified atom stereocenters. The maximum Gasteiger partial charge on any atom is 0.331 e. The smallest absolute Gasteiger partial charge is 0.331 e. The largest absolute Gasteiger partial charge is 0.353 e. The SMILES string of the molecule is CCN(CC)C(CNC(=O)Cn1c(=O)n(CC)c(=O)c2ccccc21)c1ccccc1Cl. The first-order valence-electron chi connectivity index (χ1n) is 10.9. The van der Waals surface area contributed by atoms with Crippen molar-refractivity contribution in [3.05, 3.63) is 80.0 Å². The molecule has 7 nitrogen and oxygen atoms in total. The Kier molecular flexibility index (Phi) is 7.88. The van der Waals surface area contributed by atoms with E-state index in [0.29, 0.717) is 22.5 Å². The van der Waals surface area contributed by atoms with Gasteiger partial charge in [0, 0.05) is 18.1 Å².